The van der Waals surface area contributed by atoms with Gasteiger partial charge in [-0.25, -0.2) is 0 Å². The molecule has 2 heterocycles. The van der Waals surface area contributed by atoms with Crippen LogP contribution in [0, 0.1) is 0 Å². The number of rotatable bonds is 8. The summed E-state index contributed by atoms with van der Waals surface area (Å²) in [7, 11) is 0. The molecule has 0 N–H and O–H groups in total. The van der Waals surface area contributed by atoms with Gasteiger partial charge in [0.25, 0.3) is 0 Å². The Morgan fingerprint density at radius 3 is 2.82 bits per heavy atom. The highest BCUT2D eigenvalue weighted by Gasteiger charge is 2.30. The third-order valence-corrected chi connectivity index (χ3v) is 4.65. The van der Waals surface area contributed by atoms with Crippen molar-refractivity contribution in [1.82, 2.24) is 20.0 Å². The molecular formula is C16H28N4O2. The Morgan fingerprint density at radius 2 is 2.09 bits per heavy atom. The standard InChI is InChI=1S/C16H28N4O2/c1-3-14-11-19(7-8-20(14)9-10-21-4-2)12-15-17-18-16(22-15)13-5-6-13/h13-14H,3-12H2,1-2H3/t14-/m0/s1. The van der Waals surface area contributed by atoms with Gasteiger partial charge in [-0.2, -0.15) is 0 Å². The molecule has 22 heavy (non-hydrogen) atoms. The molecule has 1 atom stereocenters. The minimum absolute atomic E-state index is 0.542. The summed E-state index contributed by atoms with van der Waals surface area (Å²) >= 11 is 0. The molecule has 3 rings (SSSR count). The van der Waals surface area contributed by atoms with Crippen molar-refractivity contribution in [1.29, 1.82) is 0 Å². The Labute approximate surface area is 132 Å². The minimum Gasteiger partial charge on any atom is -0.424 e. The second-order valence-corrected chi connectivity index (χ2v) is 6.34. The van der Waals surface area contributed by atoms with Crippen LogP contribution in [0.2, 0.25) is 0 Å². The van der Waals surface area contributed by atoms with Crippen LogP contribution >= 0.6 is 0 Å². The van der Waals surface area contributed by atoms with E-state index in [-0.39, 0.29) is 0 Å². The first-order valence-corrected chi connectivity index (χ1v) is 8.66. The Balaban J connectivity index is 1.48. The van der Waals surface area contributed by atoms with Crippen molar-refractivity contribution >= 4 is 0 Å². The van der Waals surface area contributed by atoms with Crippen LogP contribution in [0.25, 0.3) is 0 Å². The summed E-state index contributed by atoms with van der Waals surface area (Å²) in [5.41, 5.74) is 0. The lowest BCUT2D eigenvalue weighted by Crippen LogP contribution is -2.53. The van der Waals surface area contributed by atoms with Crippen LogP contribution in [0.15, 0.2) is 4.42 Å². The molecular weight excluding hydrogens is 280 g/mol. The zero-order chi connectivity index (χ0) is 15.4. The van der Waals surface area contributed by atoms with Gasteiger partial charge in [-0.05, 0) is 26.2 Å². The Bertz CT molecular complexity index is 461. The van der Waals surface area contributed by atoms with Crippen LogP contribution in [0.1, 0.15) is 50.8 Å². The first-order valence-electron chi connectivity index (χ1n) is 8.66. The van der Waals surface area contributed by atoms with Gasteiger partial charge in [0.1, 0.15) is 0 Å². The van der Waals surface area contributed by atoms with E-state index in [4.69, 9.17) is 9.15 Å². The minimum atomic E-state index is 0.542. The summed E-state index contributed by atoms with van der Waals surface area (Å²) in [6, 6.07) is 0.597. The van der Waals surface area contributed by atoms with Gasteiger partial charge >= 0.3 is 0 Å². The monoisotopic (exact) mass is 308 g/mol. The topological polar surface area (TPSA) is 54.6 Å². The van der Waals surface area contributed by atoms with E-state index < -0.39 is 0 Å². The average molecular weight is 308 g/mol. The van der Waals surface area contributed by atoms with E-state index >= 15 is 0 Å². The van der Waals surface area contributed by atoms with E-state index in [0.717, 1.165) is 57.7 Å². The first kappa shape index (κ1) is 15.9. The summed E-state index contributed by atoms with van der Waals surface area (Å²) < 4.78 is 11.3. The number of nitrogens with zero attached hydrogens (tertiary/aromatic N) is 4. The fourth-order valence-electron chi connectivity index (χ4n) is 3.13. The SMILES string of the molecule is CCOCCN1CCN(Cc2nnc(C3CC3)o2)C[C@@H]1CC. The molecule has 1 aliphatic carbocycles. The van der Waals surface area contributed by atoms with Crippen LogP contribution in [-0.2, 0) is 11.3 Å². The van der Waals surface area contributed by atoms with Gasteiger partial charge in [-0.1, -0.05) is 6.92 Å². The fraction of sp³-hybridized carbons (Fsp3) is 0.875. The zero-order valence-corrected chi connectivity index (χ0v) is 13.8. The van der Waals surface area contributed by atoms with Gasteiger partial charge in [-0.3, -0.25) is 9.80 Å². The van der Waals surface area contributed by atoms with Gasteiger partial charge in [0, 0.05) is 44.7 Å². The predicted octanol–water partition coefficient (Wildman–Crippen LogP) is 1.88. The quantitative estimate of drug-likeness (QED) is 0.684. The van der Waals surface area contributed by atoms with Gasteiger partial charge in [0.05, 0.1) is 13.2 Å². The molecule has 0 unspecified atom stereocenters. The van der Waals surface area contributed by atoms with Gasteiger partial charge in [0.2, 0.25) is 11.8 Å². The first-order chi connectivity index (χ1) is 10.8. The van der Waals surface area contributed by atoms with Crippen molar-refractivity contribution in [2.75, 3.05) is 39.4 Å². The highest BCUT2D eigenvalue weighted by molar-refractivity contribution is 5.00. The van der Waals surface area contributed by atoms with E-state index in [1.165, 1.54) is 19.3 Å². The van der Waals surface area contributed by atoms with Crippen molar-refractivity contribution in [3.63, 3.8) is 0 Å². The normalized spacial score (nSPS) is 24.0. The molecule has 6 nitrogen and oxygen atoms in total. The number of piperazine rings is 1. The molecule has 2 aliphatic rings. The van der Waals surface area contributed by atoms with E-state index in [2.05, 4.69) is 33.8 Å². The van der Waals surface area contributed by atoms with E-state index in [0.29, 0.717) is 12.0 Å². The summed E-state index contributed by atoms with van der Waals surface area (Å²) in [5.74, 6) is 2.16. The smallest absolute Gasteiger partial charge is 0.230 e. The highest BCUT2D eigenvalue weighted by Crippen LogP contribution is 2.39. The van der Waals surface area contributed by atoms with Crippen molar-refractivity contribution < 1.29 is 9.15 Å². The molecule has 0 radical (unpaired) electrons. The maximum Gasteiger partial charge on any atom is 0.230 e. The second-order valence-electron chi connectivity index (χ2n) is 6.34. The van der Waals surface area contributed by atoms with E-state index in [1.54, 1.807) is 0 Å². The molecule has 1 saturated carbocycles. The number of aromatic nitrogens is 2. The second kappa shape index (κ2) is 7.53. The summed E-state index contributed by atoms with van der Waals surface area (Å²) in [5, 5.41) is 8.39. The summed E-state index contributed by atoms with van der Waals surface area (Å²) in [6.07, 6.45) is 3.58. The molecule has 1 aromatic rings. The molecule has 6 heteroatoms. The Kier molecular flexibility index (Phi) is 5.44. The fourth-order valence-corrected chi connectivity index (χ4v) is 3.13. The average Bonchev–Trinajstić information content (AvgIpc) is 3.29. The molecule has 1 aliphatic heterocycles. The number of ether oxygens (including phenoxy) is 1. The van der Waals surface area contributed by atoms with Gasteiger partial charge in [0.15, 0.2) is 0 Å². The van der Waals surface area contributed by atoms with Crippen LogP contribution in [-0.4, -0.2) is 65.4 Å². The van der Waals surface area contributed by atoms with Crippen molar-refractivity contribution in [2.24, 2.45) is 0 Å². The van der Waals surface area contributed by atoms with Gasteiger partial charge in [-0.15, -0.1) is 10.2 Å². The molecule has 1 aromatic heterocycles. The summed E-state index contributed by atoms with van der Waals surface area (Å²) in [6.45, 7) is 11.0. The van der Waals surface area contributed by atoms with Crippen molar-refractivity contribution in [3.05, 3.63) is 11.8 Å². The maximum absolute atomic E-state index is 5.79. The summed E-state index contributed by atoms with van der Waals surface area (Å²) in [4.78, 5) is 4.99. The van der Waals surface area contributed by atoms with Gasteiger partial charge < -0.3 is 9.15 Å². The maximum atomic E-state index is 5.79. The molecule has 124 valence electrons. The molecule has 1 saturated heterocycles. The molecule has 0 amide bonds. The predicted molar refractivity (Wildman–Crippen MR) is 83.7 cm³/mol. The van der Waals surface area contributed by atoms with Crippen LogP contribution in [0.5, 0.6) is 0 Å². The third kappa shape index (κ3) is 4.06. The number of hydrogen-bond donors (Lipinski definition) is 0. The number of hydrogen-bond acceptors (Lipinski definition) is 6. The van der Waals surface area contributed by atoms with Crippen molar-refractivity contribution in [2.45, 2.75) is 51.6 Å². The zero-order valence-electron chi connectivity index (χ0n) is 13.8. The Morgan fingerprint density at radius 1 is 1.23 bits per heavy atom. The lowest BCUT2D eigenvalue weighted by Gasteiger charge is -2.40. The molecule has 0 spiro atoms. The lowest BCUT2D eigenvalue weighted by molar-refractivity contribution is 0.0355. The van der Waals surface area contributed by atoms with Crippen LogP contribution in [0.3, 0.4) is 0 Å². The highest BCUT2D eigenvalue weighted by atomic mass is 16.5. The van der Waals surface area contributed by atoms with E-state index in [1.807, 2.05) is 0 Å². The Hall–Kier alpha value is -0.980. The van der Waals surface area contributed by atoms with Crippen LogP contribution in [0.4, 0.5) is 0 Å². The van der Waals surface area contributed by atoms with E-state index in [9.17, 15) is 0 Å². The molecule has 0 aromatic carbocycles. The van der Waals surface area contributed by atoms with Crippen LogP contribution < -0.4 is 0 Å². The molecule has 2 fully saturated rings. The third-order valence-electron chi connectivity index (χ3n) is 4.65. The molecule has 0 bridgehead atoms. The largest absolute Gasteiger partial charge is 0.424 e. The lowest BCUT2D eigenvalue weighted by atomic mass is 10.1. The van der Waals surface area contributed by atoms with Crippen molar-refractivity contribution in [3.8, 4) is 0 Å².